The first-order valence-electron chi connectivity index (χ1n) is 8.42. The Hall–Kier alpha value is -3.15. The van der Waals surface area contributed by atoms with E-state index in [0.29, 0.717) is 47.9 Å². The molecule has 3 aromatic rings. The number of rotatable bonds is 7. The number of benzene rings is 2. The van der Waals surface area contributed by atoms with E-state index in [1.54, 1.807) is 49.4 Å². The number of aromatic nitrogens is 1. The fourth-order valence-electron chi connectivity index (χ4n) is 2.55. The summed E-state index contributed by atoms with van der Waals surface area (Å²) < 4.78 is 11.0. The lowest BCUT2D eigenvalue weighted by Gasteiger charge is -2.07. The maximum atomic E-state index is 12.0. The van der Waals surface area contributed by atoms with Crippen LogP contribution in [0.15, 0.2) is 46.9 Å². The third-order valence-electron chi connectivity index (χ3n) is 3.86. The van der Waals surface area contributed by atoms with Gasteiger partial charge in [-0.15, -0.1) is 0 Å². The molecule has 0 aliphatic carbocycles. The van der Waals surface area contributed by atoms with Crippen molar-refractivity contribution in [3.63, 3.8) is 0 Å². The Morgan fingerprint density at radius 3 is 2.65 bits per heavy atom. The first-order valence-corrected chi connectivity index (χ1v) is 8.42. The van der Waals surface area contributed by atoms with Gasteiger partial charge in [-0.2, -0.15) is 0 Å². The molecule has 0 aliphatic heterocycles. The number of nitrogens with one attached hydrogen (secondary N) is 1. The predicted octanol–water partition coefficient (Wildman–Crippen LogP) is 4.14. The number of carbonyl (C=O) groups is 2. The molecular formula is C20H20N2O4. The molecule has 6 heteroatoms. The van der Waals surface area contributed by atoms with Crippen molar-refractivity contribution in [3.8, 4) is 5.75 Å². The van der Waals surface area contributed by atoms with Crippen molar-refractivity contribution >= 4 is 28.5 Å². The van der Waals surface area contributed by atoms with E-state index in [-0.39, 0.29) is 11.7 Å². The number of fused-ring (bicyclic) bond motifs is 1. The summed E-state index contributed by atoms with van der Waals surface area (Å²) in [6, 6.07) is 12.3. The summed E-state index contributed by atoms with van der Waals surface area (Å²) in [4.78, 5) is 27.5. The van der Waals surface area contributed by atoms with Crippen molar-refractivity contribution in [2.75, 3.05) is 11.9 Å². The molecule has 0 aliphatic rings. The van der Waals surface area contributed by atoms with Crippen LogP contribution in [0.2, 0.25) is 0 Å². The zero-order valence-electron chi connectivity index (χ0n) is 14.7. The SMILES string of the molecule is CC(=O)c1ccc(OCCCC(=O)Nc2ccc3oc(C)nc3c2)cc1. The number of oxazole rings is 1. The van der Waals surface area contributed by atoms with Crippen molar-refractivity contribution in [3.05, 3.63) is 53.9 Å². The van der Waals surface area contributed by atoms with Gasteiger partial charge in [-0.25, -0.2) is 4.98 Å². The van der Waals surface area contributed by atoms with Crippen LogP contribution in [0.4, 0.5) is 5.69 Å². The molecule has 0 atom stereocenters. The Labute approximate surface area is 151 Å². The molecule has 1 N–H and O–H groups in total. The van der Waals surface area contributed by atoms with Gasteiger partial charge in [0.15, 0.2) is 17.3 Å². The molecule has 0 saturated carbocycles. The van der Waals surface area contributed by atoms with Crippen molar-refractivity contribution in [2.45, 2.75) is 26.7 Å². The van der Waals surface area contributed by atoms with Crippen LogP contribution in [0.25, 0.3) is 11.1 Å². The average Bonchev–Trinajstić information content (AvgIpc) is 2.98. The number of carbonyl (C=O) groups excluding carboxylic acids is 2. The van der Waals surface area contributed by atoms with E-state index in [1.165, 1.54) is 6.92 Å². The second-order valence-electron chi connectivity index (χ2n) is 6.00. The Morgan fingerprint density at radius 2 is 1.92 bits per heavy atom. The van der Waals surface area contributed by atoms with Gasteiger partial charge in [0.25, 0.3) is 0 Å². The van der Waals surface area contributed by atoms with Crippen LogP contribution in [0.1, 0.15) is 36.0 Å². The zero-order chi connectivity index (χ0) is 18.5. The average molecular weight is 352 g/mol. The molecule has 2 aromatic carbocycles. The van der Waals surface area contributed by atoms with Crippen LogP contribution in [-0.2, 0) is 4.79 Å². The molecule has 0 radical (unpaired) electrons. The fourth-order valence-corrected chi connectivity index (χ4v) is 2.55. The number of nitrogens with zero attached hydrogens (tertiary/aromatic N) is 1. The second kappa shape index (κ2) is 7.82. The number of amides is 1. The van der Waals surface area contributed by atoms with Crippen LogP contribution in [-0.4, -0.2) is 23.3 Å². The molecule has 0 spiro atoms. The molecule has 0 bridgehead atoms. The number of ketones is 1. The molecule has 3 rings (SSSR count). The lowest BCUT2D eigenvalue weighted by Crippen LogP contribution is -2.12. The Kier molecular flexibility index (Phi) is 5.31. The highest BCUT2D eigenvalue weighted by molar-refractivity contribution is 5.94. The van der Waals surface area contributed by atoms with Crippen LogP contribution < -0.4 is 10.1 Å². The third-order valence-corrected chi connectivity index (χ3v) is 3.86. The highest BCUT2D eigenvalue weighted by atomic mass is 16.5. The van der Waals surface area contributed by atoms with Gasteiger partial charge < -0.3 is 14.5 Å². The van der Waals surface area contributed by atoms with Gasteiger partial charge in [0.2, 0.25) is 5.91 Å². The van der Waals surface area contributed by atoms with E-state index in [9.17, 15) is 9.59 Å². The lowest BCUT2D eigenvalue weighted by atomic mass is 10.1. The molecule has 26 heavy (non-hydrogen) atoms. The molecule has 1 amide bonds. The van der Waals surface area contributed by atoms with E-state index in [0.717, 1.165) is 5.52 Å². The number of ether oxygens (including phenoxy) is 1. The second-order valence-corrected chi connectivity index (χ2v) is 6.00. The standard InChI is InChI=1S/C20H20N2O4/c1-13(23)15-5-8-17(9-6-15)25-11-3-4-20(24)22-16-7-10-19-18(12-16)21-14(2)26-19/h5-10,12H,3-4,11H2,1-2H3,(H,22,24). The fraction of sp³-hybridized carbons (Fsp3) is 0.250. The number of Topliss-reactive ketones (excluding diaryl/α,β-unsaturated/α-hetero) is 1. The van der Waals surface area contributed by atoms with E-state index in [2.05, 4.69) is 10.3 Å². The summed E-state index contributed by atoms with van der Waals surface area (Å²) in [6.07, 6.45) is 0.938. The van der Waals surface area contributed by atoms with E-state index >= 15 is 0 Å². The van der Waals surface area contributed by atoms with Gasteiger partial charge in [0.05, 0.1) is 6.61 Å². The number of anilines is 1. The molecule has 1 aromatic heterocycles. The molecule has 1 heterocycles. The molecular weight excluding hydrogens is 332 g/mol. The molecule has 6 nitrogen and oxygen atoms in total. The van der Waals surface area contributed by atoms with Crippen LogP contribution >= 0.6 is 0 Å². The minimum absolute atomic E-state index is 0.0205. The maximum absolute atomic E-state index is 12.0. The summed E-state index contributed by atoms with van der Waals surface area (Å²) >= 11 is 0. The van der Waals surface area contributed by atoms with Crippen LogP contribution in [0, 0.1) is 6.92 Å². The Bertz CT molecular complexity index is 929. The van der Waals surface area contributed by atoms with Crippen LogP contribution in [0.3, 0.4) is 0 Å². The monoisotopic (exact) mass is 352 g/mol. The topological polar surface area (TPSA) is 81.4 Å². The minimum atomic E-state index is -0.0832. The maximum Gasteiger partial charge on any atom is 0.224 e. The molecule has 134 valence electrons. The van der Waals surface area contributed by atoms with Gasteiger partial charge in [-0.05, 0) is 55.8 Å². The summed E-state index contributed by atoms with van der Waals surface area (Å²) in [6.45, 7) is 3.73. The van der Waals surface area contributed by atoms with Crippen molar-refractivity contribution < 1.29 is 18.7 Å². The molecule has 0 unspecified atom stereocenters. The normalized spacial score (nSPS) is 10.7. The smallest absolute Gasteiger partial charge is 0.224 e. The first-order chi connectivity index (χ1) is 12.5. The Morgan fingerprint density at radius 1 is 1.15 bits per heavy atom. The highest BCUT2D eigenvalue weighted by Gasteiger charge is 2.07. The number of hydrogen-bond acceptors (Lipinski definition) is 5. The number of aryl methyl sites for hydroxylation is 1. The molecule has 0 saturated heterocycles. The van der Waals surface area contributed by atoms with Crippen molar-refractivity contribution in [1.29, 1.82) is 0 Å². The summed E-state index contributed by atoms with van der Waals surface area (Å²) in [5.74, 6) is 1.21. The van der Waals surface area contributed by atoms with Crippen molar-refractivity contribution in [2.24, 2.45) is 0 Å². The van der Waals surface area contributed by atoms with Gasteiger partial charge in [0.1, 0.15) is 11.3 Å². The largest absolute Gasteiger partial charge is 0.494 e. The summed E-state index contributed by atoms with van der Waals surface area (Å²) in [5.41, 5.74) is 2.76. The summed E-state index contributed by atoms with van der Waals surface area (Å²) in [7, 11) is 0. The third kappa shape index (κ3) is 4.47. The van der Waals surface area contributed by atoms with Crippen molar-refractivity contribution in [1.82, 2.24) is 4.98 Å². The van der Waals surface area contributed by atoms with E-state index in [4.69, 9.17) is 9.15 Å². The Balaban J connectivity index is 1.44. The van der Waals surface area contributed by atoms with Gasteiger partial charge >= 0.3 is 0 Å². The number of hydrogen-bond donors (Lipinski definition) is 1. The first kappa shape index (κ1) is 17.7. The molecule has 0 fully saturated rings. The summed E-state index contributed by atoms with van der Waals surface area (Å²) in [5, 5.41) is 2.85. The zero-order valence-corrected chi connectivity index (χ0v) is 14.7. The van der Waals surface area contributed by atoms with Crippen LogP contribution in [0.5, 0.6) is 5.75 Å². The van der Waals surface area contributed by atoms with Gasteiger partial charge in [-0.1, -0.05) is 0 Å². The predicted molar refractivity (Wildman–Crippen MR) is 98.6 cm³/mol. The highest BCUT2D eigenvalue weighted by Crippen LogP contribution is 2.20. The lowest BCUT2D eigenvalue weighted by molar-refractivity contribution is -0.116. The quantitative estimate of drug-likeness (QED) is 0.510. The van der Waals surface area contributed by atoms with E-state index < -0.39 is 0 Å². The van der Waals surface area contributed by atoms with Gasteiger partial charge in [-0.3, -0.25) is 9.59 Å². The van der Waals surface area contributed by atoms with E-state index in [1.807, 2.05) is 0 Å². The van der Waals surface area contributed by atoms with Gasteiger partial charge in [0, 0.05) is 24.6 Å². The minimum Gasteiger partial charge on any atom is -0.494 e.